The molecule has 166 valence electrons. The summed E-state index contributed by atoms with van der Waals surface area (Å²) in [6.07, 6.45) is 2.94. The lowest BCUT2D eigenvalue weighted by Gasteiger charge is -2.31. The molecule has 3 heterocycles. The molecule has 0 saturated heterocycles. The van der Waals surface area contributed by atoms with Crippen molar-refractivity contribution in [2.45, 2.75) is 38.5 Å². The normalized spacial score (nSPS) is 18.9. The van der Waals surface area contributed by atoms with Crippen molar-refractivity contribution in [2.75, 3.05) is 6.79 Å². The molecule has 0 bridgehead atoms. The highest BCUT2D eigenvalue weighted by Gasteiger charge is 2.38. The van der Waals surface area contributed by atoms with E-state index in [0.29, 0.717) is 18.6 Å². The number of Topliss-reactive ketones (excluding diaryl/α,β-unsaturated/α-hetero) is 1. The third-order valence-corrected chi connectivity index (χ3v) is 7.00. The summed E-state index contributed by atoms with van der Waals surface area (Å²) in [6.45, 7) is 2.27. The number of aromatic amines is 1. The van der Waals surface area contributed by atoms with E-state index >= 15 is 0 Å². The Kier molecular flexibility index (Phi) is 4.90. The minimum Gasteiger partial charge on any atom is -0.454 e. The van der Waals surface area contributed by atoms with Gasteiger partial charge in [-0.25, -0.2) is 0 Å². The predicted molar refractivity (Wildman–Crippen MR) is 127 cm³/mol. The zero-order valence-electron chi connectivity index (χ0n) is 18.6. The van der Waals surface area contributed by atoms with E-state index in [4.69, 9.17) is 14.5 Å². The van der Waals surface area contributed by atoms with Gasteiger partial charge in [-0.05, 0) is 67.6 Å². The Bertz CT molecular complexity index is 1360. The molecule has 0 saturated carbocycles. The van der Waals surface area contributed by atoms with Gasteiger partial charge in [0.15, 0.2) is 11.5 Å². The zero-order chi connectivity index (χ0) is 22.4. The first-order valence-corrected chi connectivity index (χ1v) is 11.6. The summed E-state index contributed by atoms with van der Waals surface area (Å²) in [4.78, 5) is 22.1. The van der Waals surface area contributed by atoms with E-state index < -0.39 is 0 Å². The number of pyridine rings is 1. The number of carbonyl (C=O) groups excluding carboxylic acids is 1. The second-order valence-corrected chi connectivity index (χ2v) is 9.04. The number of carbonyl (C=O) groups is 1. The zero-order valence-corrected chi connectivity index (χ0v) is 18.6. The molecule has 0 fully saturated rings. The lowest BCUT2D eigenvalue weighted by atomic mass is 9.73. The number of aromatic nitrogens is 2. The van der Waals surface area contributed by atoms with Gasteiger partial charge in [0.2, 0.25) is 6.79 Å². The molecule has 2 aliphatic rings. The summed E-state index contributed by atoms with van der Waals surface area (Å²) in [5, 5.41) is 1.26. The maximum atomic E-state index is 13.6. The number of ether oxygens (including phenoxy) is 2. The first-order valence-electron chi connectivity index (χ1n) is 11.6. The molecule has 5 heteroatoms. The summed E-state index contributed by atoms with van der Waals surface area (Å²) in [5.41, 5.74) is 6.67. The van der Waals surface area contributed by atoms with E-state index in [-0.39, 0.29) is 18.6 Å². The quantitative estimate of drug-likeness (QED) is 0.447. The standard InChI is InChI=1S/C28H26N2O3/c1-17-5-4-8-23(29-17)27-21(12-11-20-19-6-2-3-7-22(19)30-28(20)27)24(31)13-9-18-10-14-25-26(15-18)33-16-32-25/h2-8,10,14-15,21,27,30H,9,11-13,16H2,1H3/t21?,27-/m0/s1. The first kappa shape index (κ1) is 20.0. The largest absolute Gasteiger partial charge is 0.454 e. The molecule has 6 rings (SSSR count). The molecule has 1 aliphatic heterocycles. The molecule has 4 aromatic rings. The lowest BCUT2D eigenvalue weighted by Crippen LogP contribution is -2.29. The van der Waals surface area contributed by atoms with Crippen LogP contribution in [0.2, 0.25) is 0 Å². The molecule has 2 atom stereocenters. The highest BCUT2D eigenvalue weighted by molar-refractivity contribution is 5.88. The fourth-order valence-corrected chi connectivity index (χ4v) is 5.41. The Morgan fingerprint density at radius 2 is 1.94 bits per heavy atom. The van der Waals surface area contributed by atoms with Crippen LogP contribution in [0, 0.1) is 12.8 Å². The summed E-state index contributed by atoms with van der Waals surface area (Å²) < 4.78 is 10.9. The van der Waals surface area contributed by atoms with Gasteiger partial charge < -0.3 is 14.5 Å². The lowest BCUT2D eigenvalue weighted by molar-refractivity contribution is -0.123. The van der Waals surface area contributed by atoms with Crippen molar-refractivity contribution >= 4 is 16.7 Å². The maximum Gasteiger partial charge on any atom is 0.231 e. The molecule has 1 unspecified atom stereocenters. The molecule has 1 N–H and O–H groups in total. The number of rotatable bonds is 5. The minimum atomic E-state index is -0.0890. The van der Waals surface area contributed by atoms with Crippen LogP contribution in [-0.2, 0) is 17.6 Å². The molecule has 33 heavy (non-hydrogen) atoms. The van der Waals surface area contributed by atoms with E-state index in [2.05, 4.69) is 35.3 Å². The van der Waals surface area contributed by atoms with Gasteiger partial charge in [-0.15, -0.1) is 0 Å². The molecule has 0 amide bonds. The van der Waals surface area contributed by atoms with Crippen LogP contribution in [0.15, 0.2) is 60.7 Å². The molecule has 2 aromatic heterocycles. The number of hydrogen-bond acceptors (Lipinski definition) is 4. The van der Waals surface area contributed by atoms with Crippen LogP contribution in [0.4, 0.5) is 0 Å². The Morgan fingerprint density at radius 1 is 1.06 bits per heavy atom. The summed E-state index contributed by atoms with van der Waals surface area (Å²) >= 11 is 0. The summed E-state index contributed by atoms with van der Waals surface area (Å²) in [6, 6.07) is 20.5. The van der Waals surface area contributed by atoms with Crippen molar-refractivity contribution in [2.24, 2.45) is 5.92 Å². The van der Waals surface area contributed by atoms with Gasteiger partial charge in [0, 0.05) is 34.6 Å². The molecule has 2 aromatic carbocycles. The number of aryl methyl sites for hydroxylation is 3. The molecule has 0 spiro atoms. The number of para-hydroxylation sites is 1. The van der Waals surface area contributed by atoms with Crippen molar-refractivity contribution in [3.63, 3.8) is 0 Å². The van der Waals surface area contributed by atoms with Crippen LogP contribution >= 0.6 is 0 Å². The highest BCUT2D eigenvalue weighted by atomic mass is 16.7. The second kappa shape index (κ2) is 8.07. The third-order valence-electron chi connectivity index (χ3n) is 7.00. The van der Waals surface area contributed by atoms with E-state index in [9.17, 15) is 4.79 Å². The van der Waals surface area contributed by atoms with Crippen molar-refractivity contribution in [3.05, 3.63) is 88.9 Å². The van der Waals surface area contributed by atoms with Gasteiger partial charge in [0.1, 0.15) is 5.78 Å². The Labute approximate surface area is 192 Å². The van der Waals surface area contributed by atoms with Gasteiger partial charge in [-0.3, -0.25) is 9.78 Å². The SMILES string of the molecule is Cc1cccc([C@H]2c3[nH]c4ccccc4c3CCC2C(=O)CCc2ccc3c(c2)OCO3)n1. The maximum absolute atomic E-state index is 13.6. The Morgan fingerprint density at radius 3 is 2.85 bits per heavy atom. The van der Waals surface area contributed by atoms with E-state index in [0.717, 1.165) is 52.5 Å². The van der Waals surface area contributed by atoms with Crippen molar-refractivity contribution in [1.29, 1.82) is 0 Å². The first-order chi connectivity index (χ1) is 16.2. The Hall–Kier alpha value is -3.60. The van der Waals surface area contributed by atoms with Gasteiger partial charge >= 0.3 is 0 Å². The van der Waals surface area contributed by atoms with E-state index in [1.807, 2.05) is 37.3 Å². The van der Waals surface area contributed by atoms with Gasteiger partial charge in [-0.1, -0.05) is 30.3 Å². The molecular formula is C28H26N2O3. The van der Waals surface area contributed by atoms with Crippen molar-refractivity contribution < 1.29 is 14.3 Å². The van der Waals surface area contributed by atoms with Gasteiger partial charge in [0.25, 0.3) is 0 Å². The van der Waals surface area contributed by atoms with Crippen LogP contribution in [-0.4, -0.2) is 22.5 Å². The average molecular weight is 439 g/mol. The fourth-order valence-electron chi connectivity index (χ4n) is 5.41. The monoisotopic (exact) mass is 438 g/mol. The average Bonchev–Trinajstić information content (AvgIpc) is 3.45. The van der Waals surface area contributed by atoms with Crippen LogP contribution in [0.1, 0.15) is 47.0 Å². The third kappa shape index (κ3) is 3.58. The highest BCUT2D eigenvalue weighted by Crippen LogP contribution is 2.43. The van der Waals surface area contributed by atoms with Crippen molar-refractivity contribution in [3.8, 4) is 11.5 Å². The van der Waals surface area contributed by atoms with Crippen LogP contribution in [0.3, 0.4) is 0 Å². The summed E-state index contributed by atoms with van der Waals surface area (Å²) in [5.74, 6) is 1.70. The minimum absolute atomic E-state index is 0.0506. The number of fused-ring (bicyclic) bond motifs is 4. The number of H-pyrrole nitrogens is 1. The molecular weight excluding hydrogens is 412 g/mol. The van der Waals surface area contributed by atoms with Crippen molar-refractivity contribution in [1.82, 2.24) is 9.97 Å². The second-order valence-electron chi connectivity index (χ2n) is 9.04. The number of nitrogens with zero attached hydrogens (tertiary/aromatic N) is 1. The van der Waals surface area contributed by atoms with E-state index in [1.165, 1.54) is 10.9 Å². The topological polar surface area (TPSA) is 64.2 Å². The smallest absolute Gasteiger partial charge is 0.231 e. The molecule has 1 aliphatic carbocycles. The molecule has 5 nitrogen and oxygen atoms in total. The van der Waals surface area contributed by atoms with E-state index in [1.54, 1.807) is 0 Å². The number of nitrogens with one attached hydrogen (secondary N) is 1. The Balaban J connectivity index is 1.32. The molecule has 0 radical (unpaired) electrons. The van der Waals surface area contributed by atoms with Crippen LogP contribution < -0.4 is 9.47 Å². The van der Waals surface area contributed by atoms with Crippen LogP contribution in [0.25, 0.3) is 10.9 Å². The van der Waals surface area contributed by atoms with Gasteiger partial charge in [0.05, 0.1) is 11.6 Å². The fraction of sp³-hybridized carbons (Fsp3) is 0.286. The predicted octanol–water partition coefficient (Wildman–Crippen LogP) is 5.50. The number of benzene rings is 2. The summed E-state index contributed by atoms with van der Waals surface area (Å²) in [7, 11) is 0. The van der Waals surface area contributed by atoms with Crippen LogP contribution in [0.5, 0.6) is 11.5 Å². The number of hydrogen-bond donors (Lipinski definition) is 1. The van der Waals surface area contributed by atoms with Gasteiger partial charge in [-0.2, -0.15) is 0 Å². The number of ketones is 1.